The van der Waals surface area contributed by atoms with E-state index in [-0.39, 0.29) is 29.4 Å². The Morgan fingerprint density at radius 2 is 1.64 bits per heavy atom. The highest BCUT2D eigenvalue weighted by atomic mass is 32.2. The van der Waals surface area contributed by atoms with Crippen molar-refractivity contribution in [1.29, 1.82) is 5.26 Å². The third-order valence-corrected chi connectivity index (χ3v) is 5.79. The van der Waals surface area contributed by atoms with E-state index in [2.05, 4.69) is 4.98 Å². The Bertz CT molecular complexity index is 1280. The molecule has 3 aromatic rings. The number of hydrogen-bond donors (Lipinski definition) is 0. The van der Waals surface area contributed by atoms with E-state index in [0.717, 1.165) is 6.26 Å². The number of rotatable bonds is 7. The largest absolute Gasteiger partial charge is 0.477 e. The van der Waals surface area contributed by atoms with Crippen molar-refractivity contribution in [2.24, 2.45) is 0 Å². The molecule has 0 aliphatic heterocycles. The first-order valence-electron chi connectivity index (χ1n) is 9.69. The summed E-state index contributed by atoms with van der Waals surface area (Å²) < 4.78 is 79.5. The molecule has 3 rings (SSSR count). The van der Waals surface area contributed by atoms with Gasteiger partial charge in [-0.2, -0.15) is 18.4 Å². The quantitative estimate of drug-likeness (QED) is 0.329. The summed E-state index contributed by atoms with van der Waals surface area (Å²) in [5.41, 5.74) is 1.75. The van der Waals surface area contributed by atoms with Crippen molar-refractivity contribution in [3.8, 4) is 34.3 Å². The molecule has 2 aromatic carbocycles. The van der Waals surface area contributed by atoms with Crippen molar-refractivity contribution in [1.82, 2.24) is 4.98 Å². The van der Waals surface area contributed by atoms with Crippen LogP contribution in [0, 0.1) is 17.1 Å². The highest BCUT2D eigenvalue weighted by Crippen LogP contribution is 2.35. The Hall–Kier alpha value is -3.45. The third kappa shape index (κ3) is 6.29. The van der Waals surface area contributed by atoms with Gasteiger partial charge in [-0.15, -0.1) is 0 Å². The maximum atomic E-state index is 13.4. The molecule has 1 heterocycles. The van der Waals surface area contributed by atoms with Crippen LogP contribution in [-0.4, -0.2) is 32.4 Å². The molecule has 0 saturated heterocycles. The van der Waals surface area contributed by atoms with Crippen LogP contribution in [0.5, 0.6) is 5.88 Å². The molecule has 0 aliphatic carbocycles. The molecular formula is C23H18F4N2O3S. The van der Waals surface area contributed by atoms with Crippen LogP contribution >= 0.6 is 0 Å². The number of halogens is 4. The minimum absolute atomic E-state index is 0.00457. The second-order valence-electron chi connectivity index (χ2n) is 7.22. The molecule has 172 valence electrons. The van der Waals surface area contributed by atoms with Crippen molar-refractivity contribution >= 4 is 9.84 Å². The predicted octanol–water partition coefficient (Wildman–Crippen LogP) is 5.55. The number of benzene rings is 2. The minimum atomic E-state index is -4.32. The molecule has 0 spiro atoms. The van der Waals surface area contributed by atoms with Gasteiger partial charge in [0.2, 0.25) is 5.88 Å². The van der Waals surface area contributed by atoms with E-state index in [0.29, 0.717) is 22.4 Å². The van der Waals surface area contributed by atoms with Gasteiger partial charge in [-0.25, -0.2) is 17.8 Å². The first-order valence-corrected chi connectivity index (χ1v) is 11.6. The molecule has 0 atom stereocenters. The summed E-state index contributed by atoms with van der Waals surface area (Å²) in [7, 11) is -3.42. The molecule has 0 unspecified atom stereocenters. The lowest BCUT2D eigenvalue weighted by Gasteiger charge is -2.15. The van der Waals surface area contributed by atoms with E-state index >= 15 is 0 Å². The molecule has 0 fully saturated rings. The van der Waals surface area contributed by atoms with Gasteiger partial charge in [0.05, 0.1) is 17.2 Å². The van der Waals surface area contributed by atoms with Gasteiger partial charge < -0.3 is 4.74 Å². The monoisotopic (exact) mass is 478 g/mol. The fraction of sp³-hybridized carbons (Fsp3) is 0.217. The normalized spacial score (nSPS) is 11.8. The standard InChI is InChI=1S/C23H18F4N2O3S/c1-33(30,31)19-9-5-15(6-10-19)20-13-17(14-28)22(32-12-2-11-23(25,26)27)29-21(20)16-3-7-18(24)8-4-16/h3-10,13H,2,11-12H2,1H3. The summed E-state index contributed by atoms with van der Waals surface area (Å²) in [5.74, 6) is -0.620. The summed E-state index contributed by atoms with van der Waals surface area (Å²) in [6, 6.07) is 14.7. The smallest absolute Gasteiger partial charge is 0.389 e. The van der Waals surface area contributed by atoms with Gasteiger partial charge in [-0.05, 0) is 54.4 Å². The topological polar surface area (TPSA) is 80.0 Å². The molecule has 0 N–H and O–H groups in total. The summed E-state index contributed by atoms with van der Waals surface area (Å²) >= 11 is 0. The van der Waals surface area contributed by atoms with Crippen LogP contribution in [0.3, 0.4) is 0 Å². The maximum absolute atomic E-state index is 13.4. The molecule has 5 nitrogen and oxygen atoms in total. The Morgan fingerprint density at radius 1 is 1.03 bits per heavy atom. The van der Waals surface area contributed by atoms with Crippen molar-refractivity contribution in [3.05, 3.63) is 66.0 Å². The van der Waals surface area contributed by atoms with Crippen molar-refractivity contribution in [2.45, 2.75) is 23.9 Å². The molecule has 0 bridgehead atoms. The highest BCUT2D eigenvalue weighted by Gasteiger charge is 2.26. The number of nitriles is 1. The molecule has 33 heavy (non-hydrogen) atoms. The van der Waals surface area contributed by atoms with E-state index in [1.807, 2.05) is 6.07 Å². The zero-order valence-corrected chi connectivity index (χ0v) is 18.2. The average molecular weight is 478 g/mol. The van der Waals surface area contributed by atoms with Crippen LogP contribution in [0.4, 0.5) is 17.6 Å². The fourth-order valence-electron chi connectivity index (χ4n) is 3.06. The van der Waals surface area contributed by atoms with E-state index in [9.17, 15) is 31.2 Å². The fourth-order valence-corrected chi connectivity index (χ4v) is 3.69. The maximum Gasteiger partial charge on any atom is 0.389 e. The van der Waals surface area contributed by atoms with E-state index in [4.69, 9.17) is 4.74 Å². The number of nitrogens with zero attached hydrogens (tertiary/aromatic N) is 2. The van der Waals surface area contributed by atoms with E-state index in [1.165, 1.54) is 42.5 Å². The van der Waals surface area contributed by atoms with E-state index in [1.54, 1.807) is 12.1 Å². The molecule has 0 aliphatic rings. The second kappa shape index (κ2) is 9.58. The van der Waals surface area contributed by atoms with Crippen LogP contribution in [-0.2, 0) is 9.84 Å². The zero-order valence-electron chi connectivity index (χ0n) is 17.4. The van der Waals surface area contributed by atoms with Gasteiger partial charge in [-0.3, -0.25) is 0 Å². The second-order valence-corrected chi connectivity index (χ2v) is 9.24. The van der Waals surface area contributed by atoms with E-state index < -0.39 is 28.3 Å². The third-order valence-electron chi connectivity index (χ3n) is 4.66. The lowest BCUT2D eigenvalue weighted by atomic mass is 9.98. The summed E-state index contributed by atoms with van der Waals surface area (Å²) in [4.78, 5) is 4.46. The number of pyridine rings is 1. The van der Waals surface area contributed by atoms with Gasteiger partial charge in [0.15, 0.2) is 9.84 Å². The predicted molar refractivity (Wildman–Crippen MR) is 114 cm³/mol. The molecular weight excluding hydrogens is 460 g/mol. The first kappa shape index (κ1) is 24.2. The Balaban J connectivity index is 2.06. The lowest BCUT2D eigenvalue weighted by Crippen LogP contribution is -2.10. The molecule has 0 saturated carbocycles. The highest BCUT2D eigenvalue weighted by molar-refractivity contribution is 7.90. The molecule has 0 amide bonds. The number of alkyl halides is 3. The molecule has 1 aromatic heterocycles. The number of sulfone groups is 1. The van der Waals surface area contributed by atoms with Crippen LogP contribution < -0.4 is 4.74 Å². The van der Waals surface area contributed by atoms with Gasteiger partial charge in [0, 0.05) is 23.8 Å². The number of ether oxygens (including phenoxy) is 1. The summed E-state index contributed by atoms with van der Waals surface area (Å²) in [5, 5.41) is 9.55. The Morgan fingerprint density at radius 3 is 2.18 bits per heavy atom. The lowest BCUT2D eigenvalue weighted by molar-refractivity contribution is -0.136. The molecule has 10 heteroatoms. The van der Waals surface area contributed by atoms with Gasteiger partial charge >= 0.3 is 6.18 Å². The SMILES string of the molecule is CS(=O)(=O)c1ccc(-c2cc(C#N)c(OCCCC(F)(F)F)nc2-c2ccc(F)cc2)cc1. The van der Waals surface area contributed by atoms with Crippen LogP contribution in [0.2, 0.25) is 0 Å². The van der Waals surface area contributed by atoms with Gasteiger partial charge in [-0.1, -0.05) is 12.1 Å². The minimum Gasteiger partial charge on any atom is -0.477 e. The van der Waals surface area contributed by atoms with Gasteiger partial charge in [0.1, 0.15) is 17.4 Å². The van der Waals surface area contributed by atoms with Crippen LogP contribution in [0.15, 0.2) is 59.5 Å². The molecule has 0 radical (unpaired) electrons. The van der Waals surface area contributed by atoms with Crippen LogP contribution in [0.1, 0.15) is 18.4 Å². The Kier molecular flexibility index (Phi) is 7.03. The van der Waals surface area contributed by atoms with Crippen molar-refractivity contribution in [2.75, 3.05) is 12.9 Å². The summed E-state index contributed by atoms with van der Waals surface area (Å²) in [6.45, 7) is -0.299. The Labute approximate surface area is 188 Å². The van der Waals surface area contributed by atoms with Gasteiger partial charge in [0.25, 0.3) is 0 Å². The van der Waals surface area contributed by atoms with Crippen molar-refractivity contribution in [3.63, 3.8) is 0 Å². The van der Waals surface area contributed by atoms with Crippen molar-refractivity contribution < 1.29 is 30.7 Å². The first-order chi connectivity index (χ1) is 15.5. The van der Waals surface area contributed by atoms with Crippen LogP contribution in [0.25, 0.3) is 22.4 Å². The number of aromatic nitrogens is 1. The number of hydrogen-bond acceptors (Lipinski definition) is 5. The zero-order chi connectivity index (χ0) is 24.2. The average Bonchev–Trinajstić information content (AvgIpc) is 2.75. The summed E-state index contributed by atoms with van der Waals surface area (Å²) in [6.07, 6.45) is -4.59.